The van der Waals surface area contributed by atoms with Gasteiger partial charge < -0.3 is 30.7 Å². The van der Waals surface area contributed by atoms with Crippen LogP contribution in [0.5, 0.6) is 5.75 Å². The molecular weight excluding hydrogens is 539 g/mol. The van der Waals surface area contributed by atoms with Crippen molar-refractivity contribution in [3.8, 4) is 11.7 Å². The first kappa shape index (κ1) is 30.4. The van der Waals surface area contributed by atoms with Crippen molar-refractivity contribution >= 4 is 17.5 Å². The van der Waals surface area contributed by atoms with E-state index in [1.165, 1.54) is 31.6 Å². The molecule has 4 rings (SSSR count). The van der Waals surface area contributed by atoms with Gasteiger partial charge in [0.1, 0.15) is 23.4 Å². The van der Waals surface area contributed by atoms with Crippen molar-refractivity contribution in [3.05, 3.63) is 93.7 Å². The summed E-state index contributed by atoms with van der Waals surface area (Å²) in [4.78, 5) is 32.5. The van der Waals surface area contributed by atoms with Crippen molar-refractivity contribution in [1.29, 1.82) is 5.41 Å². The third kappa shape index (κ3) is 8.17. The maximum absolute atomic E-state index is 15.8. The molecule has 0 aliphatic heterocycles. The Labute approximate surface area is 233 Å². The number of nitrogens with one attached hydrogen (secondary N) is 3. The number of aromatic nitrogens is 5. The number of anilines is 1. The van der Waals surface area contributed by atoms with Gasteiger partial charge in [-0.15, -0.1) is 9.78 Å². The molecule has 0 aliphatic rings. The average Bonchev–Trinajstić information content (AvgIpc) is 3.34. The average molecular weight is 569 g/mol. The Bertz CT molecular complexity index is 1520. The number of hydrogen-bond donors (Lipinski definition) is 6. The zero-order valence-corrected chi connectivity index (χ0v) is 22.2. The Morgan fingerprint density at radius 3 is 2.49 bits per heavy atom. The zero-order valence-electron chi connectivity index (χ0n) is 22.2. The predicted molar refractivity (Wildman–Crippen MR) is 146 cm³/mol. The lowest BCUT2D eigenvalue weighted by molar-refractivity contribution is -0.134. The summed E-state index contributed by atoms with van der Waals surface area (Å²) in [5.41, 5.74) is 6.29. The zero-order chi connectivity index (χ0) is 29.9. The minimum atomic E-state index is -0.993. The number of nitrogen functional groups attached to an aromatic ring is 1. The van der Waals surface area contributed by atoms with E-state index in [-0.39, 0.29) is 48.6 Å². The number of carboxylic acids is 1. The number of aliphatic hydroxyl groups is 1. The van der Waals surface area contributed by atoms with Gasteiger partial charge in [0, 0.05) is 41.7 Å². The first-order chi connectivity index (χ1) is 19.6. The van der Waals surface area contributed by atoms with Crippen molar-refractivity contribution in [2.45, 2.75) is 19.6 Å². The molecule has 0 unspecified atom stereocenters. The lowest BCUT2D eigenvalue weighted by Crippen LogP contribution is -2.18. The molecule has 1 atom stereocenters. The van der Waals surface area contributed by atoms with E-state index < -0.39 is 23.5 Å². The Kier molecular flexibility index (Phi) is 10.6. The molecule has 0 amide bonds. The molecule has 0 saturated carbocycles. The van der Waals surface area contributed by atoms with Gasteiger partial charge in [-0.1, -0.05) is 0 Å². The van der Waals surface area contributed by atoms with Crippen LogP contribution in [-0.4, -0.2) is 67.1 Å². The standard InChI is InChI=1S/C24H25FN8O4.C2H4O2/c1-36-17-11-15(13-37-10-9-34)19(25)18(12-17)20(30-16-5-3-14(4-6-16)21(26)27)22-31-24(35)33(32-22)23-28-7-2-8-29-23;1-2(3)4/h2-8,11-12,20,30,34H,9-10,13H2,1H3,(H3,26,27)(H,31,32,35);1H3,(H,3,4)/t20-;/m0./s1. The quantitative estimate of drug-likeness (QED) is 0.0867. The molecule has 0 aliphatic carbocycles. The highest BCUT2D eigenvalue weighted by atomic mass is 19.1. The van der Waals surface area contributed by atoms with Crippen LogP contribution in [0, 0.1) is 11.2 Å². The Morgan fingerprint density at radius 1 is 1.24 bits per heavy atom. The Balaban J connectivity index is 0.00000108. The molecule has 216 valence electrons. The molecule has 4 aromatic rings. The van der Waals surface area contributed by atoms with E-state index in [1.54, 1.807) is 30.3 Å². The Morgan fingerprint density at radius 2 is 1.90 bits per heavy atom. The number of carboxylic acid groups (broad SMARTS) is 1. The SMILES string of the molecule is CC(=O)O.COc1cc(COCCO)c(F)c([C@H](Nc2ccc(C(=N)N)cc2)c2nn(-c3ncccn3)c(=O)[nH]2)c1. The number of hydrogen-bond acceptors (Lipinski definition) is 10. The number of amidine groups is 1. The number of aromatic amines is 1. The van der Waals surface area contributed by atoms with Crippen molar-refractivity contribution in [1.82, 2.24) is 24.7 Å². The number of benzene rings is 2. The van der Waals surface area contributed by atoms with Gasteiger partial charge in [-0.3, -0.25) is 15.2 Å². The van der Waals surface area contributed by atoms with Gasteiger partial charge in [0.25, 0.3) is 11.9 Å². The maximum Gasteiger partial charge on any atom is 0.350 e. The van der Waals surface area contributed by atoms with Crippen LogP contribution in [0.2, 0.25) is 0 Å². The van der Waals surface area contributed by atoms with Crippen molar-refractivity contribution in [2.24, 2.45) is 5.73 Å². The van der Waals surface area contributed by atoms with Gasteiger partial charge in [0.2, 0.25) is 0 Å². The van der Waals surface area contributed by atoms with E-state index in [9.17, 15) is 4.79 Å². The van der Waals surface area contributed by atoms with E-state index in [1.807, 2.05) is 0 Å². The van der Waals surface area contributed by atoms with Gasteiger partial charge >= 0.3 is 5.69 Å². The summed E-state index contributed by atoms with van der Waals surface area (Å²) < 4.78 is 27.5. The van der Waals surface area contributed by atoms with Crippen LogP contribution >= 0.6 is 0 Å². The second-order valence-electron chi connectivity index (χ2n) is 8.33. The van der Waals surface area contributed by atoms with Gasteiger partial charge in [0.15, 0.2) is 5.82 Å². The van der Waals surface area contributed by atoms with Crippen LogP contribution in [0.4, 0.5) is 10.1 Å². The number of methoxy groups -OCH3 is 1. The molecular formula is C26H29FN8O6. The smallest absolute Gasteiger partial charge is 0.350 e. The van der Waals surface area contributed by atoms with Gasteiger partial charge in [-0.25, -0.2) is 19.2 Å². The number of rotatable bonds is 11. The van der Waals surface area contributed by atoms with Gasteiger partial charge in [-0.05, 0) is 42.5 Å². The first-order valence-electron chi connectivity index (χ1n) is 12.1. The molecule has 7 N–H and O–H groups in total. The monoisotopic (exact) mass is 568 g/mol. The molecule has 0 fully saturated rings. The summed E-state index contributed by atoms with van der Waals surface area (Å²) in [6.07, 6.45) is 2.94. The van der Waals surface area contributed by atoms with E-state index in [2.05, 4.69) is 25.4 Å². The number of carbonyl (C=O) groups is 1. The predicted octanol–water partition coefficient (Wildman–Crippen LogP) is 1.58. The fourth-order valence-corrected chi connectivity index (χ4v) is 3.57. The lowest BCUT2D eigenvalue weighted by Gasteiger charge is -2.21. The summed E-state index contributed by atoms with van der Waals surface area (Å²) in [6.45, 7) is 0.795. The van der Waals surface area contributed by atoms with Crippen LogP contribution < -0.4 is 21.5 Å². The van der Waals surface area contributed by atoms with Crippen LogP contribution in [-0.2, 0) is 16.1 Å². The van der Waals surface area contributed by atoms with Gasteiger partial charge in [-0.2, -0.15) is 0 Å². The second kappa shape index (κ2) is 14.3. The van der Waals surface area contributed by atoms with Crippen molar-refractivity contribution < 1.29 is 28.9 Å². The first-order valence-corrected chi connectivity index (χ1v) is 12.1. The van der Waals surface area contributed by atoms with Gasteiger partial charge in [0.05, 0.1) is 26.9 Å². The highest BCUT2D eigenvalue weighted by Gasteiger charge is 2.26. The van der Waals surface area contributed by atoms with Crippen LogP contribution in [0.25, 0.3) is 5.95 Å². The largest absolute Gasteiger partial charge is 0.497 e. The summed E-state index contributed by atoms with van der Waals surface area (Å²) in [5, 5.41) is 31.5. The fourth-order valence-electron chi connectivity index (χ4n) is 3.57. The summed E-state index contributed by atoms with van der Waals surface area (Å²) >= 11 is 0. The highest BCUT2D eigenvalue weighted by molar-refractivity contribution is 5.95. The van der Waals surface area contributed by atoms with Crippen molar-refractivity contribution in [2.75, 3.05) is 25.6 Å². The summed E-state index contributed by atoms with van der Waals surface area (Å²) in [6, 6.07) is 10.2. The second-order valence-corrected chi connectivity index (χ2v) is 8.33. The third-order valence-corrected chi connectivity index (χ3v) is 5.35. The number of ether oxygens (including phenoxy) is 2. The van der Waals surface area contributed by atoms with E-state index in [0.29, 0.717) is 17.0 Å². The molecule has 2 heterocycles. The molecule has 0 saturated heterocycles. The minimum Gasteiger partial charge on any atom is -0.497 e. The normalized spacial score (nSPS) is 11.2. The summed E-state index contributed by atoms with van der Waals surface area (Å²) in [7, 11) is 1.45. The molecule has 2 aromatic carbocycles. The molecule has 15 heteroatoms. The topological polar surface area (TPSA) is 214 Å². The van der Waals surface area contributed by atoms with Crippen LogP contribution in [0.3, 0.4) is 0 Å². The number of nitrogens with zero attached hydrogens (tertiary/aromatic N) is 4. The third-order valence-electron chi connectivity index (χ3n) is 5.35. The minimum absolute atomic E-state index is 0.0327. The maximum atomic E-state index is 15.8. The summed E-state index contributed by atoms with van der Waals surface area (Å²) in [5.74, 6) is -1.06. The number of aliphatic carboxylic acids is 1. The molecule has 0 spiro atoms. The Hall–Kier alpha value is -5.15. The number of aliphatic hydroxyl groups excluding tert-OH is 1. The van der Waals surface area contributed by atoms with Crippen LogP contribution in [0.1, 0.15) is 35.5 Å². The molecule has 2 aromatic heterocycles. The van der Waals surface area contributed by atoms with Crippen molar-refractivity contribution in [3.63, 3.8) is 0 Å². The molecule has 0 radical (unpaired) electrons. The van der Waals surface area contributed by atoms with E-state index >= 15 is 4.39 Å². The number of H-pyrrole nitrogens is 1. The fraction of sp³-hybridized carbons (Fsp3) is 0.231. The molecule has 0 bridgehead atoms. The van der Waals surface area contributed by atoms with E-state index in [0.717, 1.165) is 11.6 Å². The number of halogens is 1. The number of nitrogens with two attached hydrogens (primary N) is 1. The molecule has 14 nitrogen and oxygen atoms in total. The van der Waals surface area contributed by atoms with E-state index in [4.69, 9.17) is 35.6 Å². The highest BCUT2D eigenvalue weighted by Crippen LogP contribution is 2.32. The molecule has 41 heavy (non-hydrogen) atoms. The van der Waals surface area contributed by atoms with Crippen LogP contribution in [0.15, 0.2) is 59.7 Å². The lowest BCUT2D eigenvalue weighted by atomic mass is 10.0.